The van der Waals surface area contributed by atoms with Crippen LogP contribution in [0.5, 0.6) is 0 Å². The zero-order chi connectivity index (χ0) is 20.4. The van der Waals surface area contributed by atoms with E-state index < -0.39 is 16.2 Å². The number of para-hydroxylation sites is 1. The number of hydrogen-bond donors (Lipinski definition) is 1. The number of aryl methyl sites for hydroxylation is 2. The standard InChI is InChI=1S/C19H19N5O4/c1-12-7-6-8-13(2)16(12)21-15(25)11-22(3)18-17(24(27)28)19(26)23-10-5-4-9-14(23)20-18/h4-10H,11H2,1-3H3,(H,21,25). The molecule has 3 rings (SSSR count). The highest BCUT2D eigenvalue weighted by atomic mass is 16.6. The van der Waals surface area contributed by atoms with Crippen LogP contribution in [0, 0.1) is 24.0 Å². The quantitative estimate of drug-likeness (QED) is 0.536. The topological polar surface area (TPSA) is 110 Å². The van der Waals surface area contributed by atoms with Gasteiger partial charge in [-0.3, -0.25) is 24.1 Å². The van der Waals surface area contributed by atoms with E-state index in [0.717, 1.165) is 15.5 Å². The zero-order valence-corrected chi connectivity index (χ0v) is 15.7. The first-order chi connectivity index (χ1) is 13.3. The van der Waals surface area contributed by atoms with Gasteiger partial charge in [-0.1, -0.05) is 24.3 Å². The van der Waals surface area contributed by atoms with E-state index in [4.69, 9.17) is 0 Å². The Bertz CT molecular complexity index is 1120. The first-order valence-electron chi connectivity index (χ1n) is 8.52. The van der Waals surface area contributed by atoms with Crippen LogP contribution in [0.4, 0.5) is 17.2 Å². The number of carbonyl (C=O) groups excluding carboxylic acids is 1. The number of fused-ring (bicyclic) bond motifs is 1. The number of benzene rings is 1. The minimum Gasteiger partial charge on any atom is -0.344 e. The monoisotopic (exact) mass is 381 g/mol. The van der Waals surface area contributed by atoms with Gasteiger partial charge in [-0.15, -0.1) is 0 Å². The Kier molecular flexibility index (Phi) is 5.08. The lowest BCUT2D eigenvalue weighted by molar-refractivity contribution is -0.385. The second kappa shape index (κ2) is 7.47. The lowest BCUT2D eigenvalue weighted by Crippen LogP contribution is -2.33. The summed E-state index contributed by atoms with van der Waals surface area (Å²) >= 11 is 0. The second-order valence-electron chi connectivity index (χ2n) is 6.45. The van der Waals surface area contributed by atoms with Crippen LogP contribution in [0.2, 0.25) is 0 Å². The van der Waals surface area contributed by atoms with Crippen molar-refractivity contribution in [2.24, 2.45) is 0 Å². The van der Waals surface area contributed by atoms with Gasteiger partial charge in [0.15, 0.2) is 0 Å². The molecule has 2 heterocycles. The van der Waals surface area contributed by atoms with Crippen LogP contribution in [0.1, 0.15) is 11.1 Å². The highest BCUT2D eigenvalue weighted by molar-refractivity contribution is 5.95. The summed E-state index contributed by atoms with van der Waals surface area (Å²) in [5.74, 6) is -0.526. The van der Waals surface area contributed by atoms with Gasteiger partial charge < -0.3 is 10.2 Å². The molecule has 0 fully saturated rings. The number of carbonyl (C=O) groups is 1. The molecule has 0 saturated heterocycles. The summed E-state index contributed by atoms with van der Waals surface area (Å²) in [6, 6.07) is 10.5. The number of hydrogen-bond acceptors (Lipinski definition) is 6. The van der Waals surface area contributed by atoms with Crippen LogP contribution < -0.4 is 15.8 Å². The molecule has 144 valence electrons. The van der Waals surface area contributed by atoms with Crippen LogP contribution in [0.25, 0.3) is 5.65 Å². The third-order valence-corrected chi connectivity index (χ3v) is 4.36. The minimum absolute atomic E-state index is 0.155. The summed E-state index contributed by atoms with van der Waals surface area (Å²) in [5.41, 5.74) is 1.30. The van der Waals surface area contributed by atoms with Gasteiger partial charge in [0.2, 0.25) is 11.7 Å². The molecule has 0 aliphatic carbocycles. The maximum atomic E-state index is 12.5. The fourth-order valence-electron chi connectivity index (χ4n) is 2.97. The normalized spacial score (nSPS) is 10.7. The Morgan fingerprint density at radius 2 is 1.89 bits per heavy atom. The van der Waals surface area contributed by atoms with Crippen molar-refractivity contribution in [3.05, 3.63) is 74.2 Å². The van der Waals surface area contributed by atoms with Crippen LogP contribution in [0.15, 0.2) is 47.4 Å². The van der Waals surface area contributed by atoms with E-state index >= 15 is 0 Å². The molecule has 0 saturated carbocycles. The molecule has 0 atom stereocenters. The predicted octanol–water partition coefficient (Wildman–Crippen LogP) is 2.29. The summed E-state index contributed by atoms with van der Waals surface area (Å²) in [4.78, 5) is 41.2. The number of likely N-dealkylation sites (N-methyl/N-ethyl adjacent to an activating group) is 1. The van der Waals surface area contributed by atoms with Gasteiger partial charge in [0.05, 0.1) is 11.5 Å². The Balaban J connectivity index is 1.94. The molecule has 1 amide bonds. The number of nitrogens with zero attached hydrogens (tertiary/aromatic N) is 4. The predicted molar refractivity (Wildman–Crippen MR) is 106 cm³/mol. The molecular weight excluding hydrogens is 362 g/mol. The molecule has 28 heavy (non-hydrogen) atoms. The highest BCUT2D eigenvalue weighted by Gasteiger charge is 2.27. The molecule has 0 bridgehead atoms. The summed E-state index contributed by atoms with van der Waals surface area (Å²) in [7, 11) is 1.48. The van der Waals surface area contributed by atoms with Crippen LogP contribution in [0.3, 0.4) is 0 Å². The molecule has 0 unspecified atom stereocenters. The number of rotatable bonds is 5. The number of nitrogens with one attached hydrogen (secondary N) is 1. The largest absolute Gasteiger partial charge is 0.376 e. The number of pyridine rings is 1. The van der Waals surface area contributed by atoms with Crippen LogP contribution in [-0.4, -0.2) is 33.8 Å². The van der Waals surface area contributed by atoms with Crippen LogP contribution in [-0.2, 0) is 4.79 Å². The Morgan fingerprint density at radius 1 is 1.21 bits per heavy atom. The number of aromatic nitrogens is 2. The van der Waals surface area contributed by atoms with E-state index in [0.29, 0.717) is 5.69 Å². The van der Waals surface area contributed by atoms with Gasteiger partial charge in [-0.25, -0.2) is 4.98 Å². The van der Waals surface area contributed by atoms with Crippen LogP contribution >= 0.6 is 0 Å². The second-order valence-corrected chi connectivity index (χ2v) is 6.45. The van der Waals surface area contributed by atoms with E-state index in [2.05, 4.69) is 10.3 Å². The number of amides is 1. The summed E-state index contributed by atoms with van der Waals surface area (Å²) in [6.45, 7) is 3.55. The molecule has 3 aromatic rings. The van der Waals surface area contributed by atoms with Gasteiger partial charge in [0.25, 0.3) is 0 Å². The van der Waals surface area contributed by atoms with Gasteiger partial charge in [0.1, 0.15) is 5.65 Å². The Morgan fingerprint density at radius 3 is 2.54 bits per heavy atom. The molecule has 0 aliphatic heterocycles. The van der Waals surface area contributed by atoms with Gasteiger partial charge in [-0.05, 0) is 37.1 Å². The van der Waals surface area contributed by atoms with E-state index in [-0.39, 0.29) is 23.9 Å². The third kappa shape index (κ3) is 3.54. The van der Waals surface area contributed by atoms with Crippen molar-refractivity contribution in [1.29, 1.82) is 0 Å². The molecule has 1 aromatic carbocycles. The maximum absolute atomic E-state index is 12.5. The highest BCUT2D eigenvalue weighted by Crippen LogP contribution is 2.23. The van der Waals surface area contributed by atoms with Gasteiger partial charge in [0, 0.05) is 18.9 Å². The number of anilines is 2. The van der Waals surface area contributed by atoms with Gasteiger partial charge in [-0.2, -0.15) is 0 Å². The molecule has 0 aliphatic rings. The van der Waals surface area contributed by atoms with E-state index in [1.54, 1.807) is 18.2 Å². The van der Waals surface area contributed by atoms with E-state index in [9.17, 15) is 19.7 Å². The lowest BCUT2D eigenvalue weighted by atomic mass is 10.1. The summed E-state index contributed by atoms with van der Waals surface area (Å²) < 4.78 is 1.10. The Labute approximate surface area is 160 Å². The molecule has 9 nitrogen and oxygen atoms in total. The first-order valence-corrected chi connectivity index (χ1v) is 8.52. The van der Waals surface area contributed by atoms with Crippen molar-refractivity contribution >= 4 is 28.7 Å². The van der Waals surface area contributed by atoms with E-state index in [1.807, 2.05) is 32.0 Å². The third-order valence-electron chi connectivity index (χ3n) is 4.36. The fraction of sp³-hybridized carbons (Fsp3) is 0.211. The molecule has 9 heteroatoms. The molecular formula is C19H19N5O4. The van der Waals surface area contributed by atoms with E-state index in [1.165, 1.54) is 18.1 Å². The average Bonchev–Trinajstić information content (AvgIpc) is 2.64. The minimum atomic E-state index is -0.799. The SMILES string of the molecule is Cc1cccc(C)c1NC(=O)CN(C)c1nc2ccccn2c(=O)c1[N+](=O)[O-]. The van der Waals surface area contributed by atoms with Crippen molar-refractivity contribution in [1.82, 2.24) is 9.38 Å². The van der Waals surface area contributed by atoms with Gasteiger partial charge >= 0.3 is 11.2 Å². The van der Waals surface area contributed by atoms with Crippen molar-refractivity contribution in [3.8, 4) is 0 Å². The van der Waals surface area contributed by atoms with Crippen molar-refractivity contribution in [3.63, 3.8) is 0 Å². The summed E-state index contributed by atoms with van der Waals surface area (Å²) in [5, 5.41) is 14.3. The van der Waals surface area contributed by atoms with Crippen molar-refractivity contribution in [2.75, 3.05) is 23.8 Å². The molecule has 2 aromatic heterocycles. The lowest BCUT2D eigenvalue weighted by Gasteiger charge is -2.19. The first kappa shape index (κ1) is 19.0. The molecule has 0 spiro atoms. The fourth-order valence-corrected chi connectivity index (χ4v) is 2.97. The maximum Gasteiger partial charge on any atom is 0.376 e. The smallest absolute Gasteiger partial charge is 0.344 e. The van der Waals surface area contributed by atoms with Crippen molar-refractivity contribution < 1.29 is 9.72 Å². The molecule has 1 N–H and O–H groups in total. The Hall–Kier alpha value is -3.75. The summed E-state index contributed by atoms with van der Waals surface area (Å²) in [6.07, 6.45) is 1.41. The van der Waals surface area contributed by atoms with Crippen molar-refractivity contribution in [2.45, 2.75) is 13.8 Å². The zero-order valence-electron chi connectivity index (χ0n) is 15.7. The average molecular weight is 381 g/mol. The number of nitro groups is 1. The molecule has 0 radical (unpaired) electrons.